The number of hydrogen-bond acceptors (Lipinski definition) is 8. The Morgan fingerprint density at radius 3 is 2.96 bits per heavy atom. The number of alkyl halides is 2. The molecule has 126 valence electrons. The third-order valence-electron chi connectivity index (χ3n) is 2.80. The maximum Gasteiger partial charge on any atom is 0.276 e. The van der Waals surface area contributed by atoms with Gasteiger partial charge >= 0.3 is 0 Å². The lowest BCUT2D eigenvalue weighted by molar-refractivity contribution is -0.122. The second kappa shape index (κ2) is 7.64. The van der Waals surface area contributed by atoms with E-state index in [-0.39, 0.29) is 22.4 Å². The Morgan fingerprint density at radius 2 is 2.39 bits per heavy atom. The fraction of sp³-hybridized carbons (Fsp3) is 0.455. The van der Waals surface area contributed by atoms with E-state index in [2.05, 4.69) is 30.9 Å². The topological polar surface area (TPSA) is 125 Å². The predicted molar refractivity (Wildman–Crippen MR) is 81.0 cm³/mol. The van der Waals surface area contributed by atoms with E-state index in [9.17, 15) is 19.1 Å². The number of oxime groups is 1. The summed E-state index contributed by atoms with van der Waals surface area (Å²) in [5.74, 6) is -1.47. The molecule has 23 heavy (non-hydrogen) atoms. The molecule has 12 heteroatoms. The zero-order valence-electron chi connectivity index (χ0n) is 11.7. The van der Waals surface area contributed by atoms with Crippen LogP contribution in [-0.2, 0) is 14.4 Å². The molecule has 0 spiro atoms. The van der Waals surface area contributed by atoms with E-state index in [4.69, 9.17) is 11.6 Å². The number of halogens is 2. The molecule has 0 saturated carbocycles. The van der Waals surface area contributed by atoms with Crippen LogP contribution < -0.4 is 16.0 Å². The summed E-state index contributed by atoms with van der Waals surface area (Å²) in [6.07, 6.45) is -2.75. The SMILES string of the molecule is CON=C(C(=O)NC1C(O)NC1F)c1csc(NC(=O)CCl)n1. The zero-order chi connectivity index (χ0) is 17.0. The van der Waals surface area contributed by atoms with E-state index in [0.717, 1.165) is 11.3 Å². The standard InChI is InChI=1S/C11H13ClFN5O4S/c1-22-18-6(9(20)16-7-8(13)17-10(7)21)4-3-23-11(14-4)15-5(19)2-12/h3,7-8,10,17,21H,2H2,1H3,(H,16,20)(H,14,15,19). The average Bonchev–Trinajstić information content (AvgIpc) is 2.98. The number of aliphatic hydroxyl groups excluding tert-OH is 1. The minimum atomic E-state index is -1.56. The summed E-state index contributed by atoms with van der Waals surface area (Å²) in [5, 5.41) is 21.4. The van der Waals surface area contributed by atoms with Crippen LogP contribution in [-0.4, -0.2) is 59.2 Å². The van der Waals surface area contributed by atoms with Crippen LogP contribution in [0.15, 0.2) is 10.5 Å². The van der Waals surface area contributed by atoms with Crippen molar-refractivity contribution in [3.8, 4) is 0 Å². The van der Waals surface area contributed by atoms with Gasteiger partial charge < -0.3 is 20.6 Å². The van der Waals surface area contributed by atoms with Crippen molar-refractivity contribution >= 4 is 45.6 Å². The predicted octanol–water partition coefficient (Wildman–Crippen LogP) is -0.627. The maximum absolute atomic E-state index is 13.2. The lowest BCUT2D eigenvalue weighted by Gasteiger charge is -2.37. The van der Waals surface area contributed by atoms with Gasteiger partial charge in [-0.25, -0.2) is 9.37 Å². The molecule has 0 aromatic carbocycles. The molecular formula is C11H13ClFN5O4S. The molecule has 0 bridgehead atoms. The Hall–Kier alpha value is -1.82. The van der Waals surface area contributed by atoms with Gasteiger partial charge in [0.15, 0.2) is 17.1 Å². The lowest BCUT2D eigenvalue weighted by atomic mass is 10.1. The van der Waals surface area contributed by atoms with Gasteiger partial charge in [0.25, 0.3) is 5.91 Å². The van der Waals surface area contributed by atoms with Crippen molar-refractivity contribution in [3.05, 3.63) is 11.1 Å². The number of hydrogen-bond donors (Lipinski definition) is 4. The first kappa shape index (κ1) is 17.5. The second-order valence-electron chi connectivity index (χ2n) is 4.35. The normalized spacial score (nSPS) is 23.8. The summed E-state index contributed by atoms with van der Waals surface area (Å²) in [4.78, 5) is 31.9. The molecule has 1 aliphatic heterocycles. The number of aromatic nitrogens is 1. The molecule has 1 aromatic rings. The molecule has 4 N–H and O–H groups in total. The van der Waals surface area contributed by atoms with Gasteiger partial charge in [-0.15, -0.1) is 22.9 Å². The molecule has 1 saturated heterocycles. The Kier molecular flexibility index (Phi) is 5.82. The van der Waals surface area contributed by atoms with Crippen molar-refractivity contribution in [2.75, 3.05) is 18.3 Å². The molecule has 2 amide bonds. The number of carbonyl (C=O) groups excluding carboxylic acids is 2. The molecule has 1 aromatic heterocycles. The van der Waals surface area contributed by atoms with Crippen LogP contribution in [0.1, 0.15) is 5.69 Å². The highest BCUT2D eigenvalue weighted by molar-refractivity contribution is 7.14. The van der Waals surface area contributed by atoms with Crippen LogP contribution in [0.5, 0.6) is 0 Å². The number of anilines is 1. The fourth-order valence-electron chi connectivity index (χ4n) is 1.67. The van der Waals surface area contributed by atoms with Crippen molar-refractivity contribution in [3.63, 3.8) is 0 Å². The van der Waals surface area contributed by atoms with Crippen molar-refractivity contribution in [2.24, 2.45) is 5.16 Å². The number of aliphatic hydroxyl groups is 1. The summed E-state index contributed by atoms with van der Waals surface area (Å²) in [5.41, 5.74) is -0.0992. The van der Waals surface area contributed by atoms with E-state index < -0.39 is 30.4 Å². The zero-order valence-corrected chi connectivity index (χ0v) is 13.3. The Balaban J connectivity index is 2.10. The van der Waals surface area contributed by atoms with Crippen molar-refractivity contribution < 1.29 is 23.9 Å². The van der Waals surface area contributed by atoms with Crippen molar-refractivity contribution in [2.45, 2.75) is 18.6 Å². The first-order valence-electron chi connectivity index (χ1n) is 6.28. The monoisotopic (exact) mass is 365 g/mol. The third kappa shape index (κ3) is 4.13. The average molecular weight is 366 g/mol. The second-order valence-corrected chi connectivity index (χ2v) is 5.48. The molecule has 3 unspecified atom stereocenters. The Labute approximate surface area is 138 Å². The fourth-order valence-corrected chi connectivity index (χ4v) is 2.45. The number of amides is 2. The van der Waals surface area contributed by atoms with E-state index in [1.54, 1.807) is 0 Å². The van der Waals surface area contributed by atoms with Gasteiger partial charge in [0.05, 0.1) is 0 Å². The van der Waals surface area contributed by atoms with E-state index >= 15 is 0 Å². The summed E-state index contributed by atoms with van der Waals surface area (Å²) >= 11 is 6.42. The maximum atomic E-state index is 13.2. The van der Waals surface area contributed by atoms with Gasteiger partial charge in [-0.3, -0.25) is 14.9 Å². The highest BCUT2D eigenvalue weighted by Gasteiger charge is 2.41. The van der Waals surface area contributed by atoms with Gasteiger partial charge in [0.2, 0.25) is 5.91 Å². The molecule has 2 rings (SSSR count). The number of nitrogens with one attached hydrogen (secondary N) is 3. The molecule has 3 atom stereocenters. The number of nitrogens with zero attached hydrogens (tertiary/aromatic N) is 2. The Bertz CT molecular complexity index is 619. The molecule has 9 nitrogen and oxygen atoms in total. The van der Waals surface area contributed by atoms with Gasteiger partial charge in [-0.2, -0.15) is 0 Å². The van der Waals surface area contributed by atoms with Crippen LogP contribution in [0.3, 0.4) is 0 Å². The van der Waals surface area contributed by atoms with Crippen LogP contribution in [0.25, 0.3) is 0 Å². The minimum absolute atomic E-state index is 0.122. The highest BCUT2D eigenvalue weighted by atomic mass is 35.5. The van der Waals surface area contributed by atoms with Crippen LogP contribution in [0.4, 0.5) is 9.52 Å². The van der Waals surface area contributed by atoms with Gasteiger partial charge in [0.1, 0.15) is 31.0 Å². The summed E-state index contributed by atoms with van der Waals surface area (Å²) in [7, 11) is 1.23. The third-order valence-corrected chi connectivity index (χ3v) is 3.80. The van der Waals surface area contributed by atoms with E-state index in [0.29, 0.717) is 0 Å². The van der Waals surface area contributed by atoms with Crippen LogP contribution in [0.2, 0.25) is 0 Å². The summed E-state index contributed by atoms with van der Waals surface area (Å²) in [6, 6.07) is -1.10. The first-order chi connectivity index (χ1) is 11.0. The largest absolute Gasteiger partial charge is 0.398 e. The minimum Gasteiger partial charge on any atom is -0.398 e. The quantitative estimate of drug-likeness (QED) is 0.230. The van der Waals surface area contributed by atoms with Crippen molar-refractivity contribution in [1.29, 1.82) is 0 Å². The number of rotatable bonds is 6. The van der Waals surface area contributed by atoms with E-state index in [1.165, 1.54) is 12.5 Å². The summed E-state index contributed by atoms with van der Waals surface area (Å²) < 4.78 is 13.2. The van der Waals surface area contributed by atoms with Gasteiger partial charge in [0, 0.05) is 5.38 Å². The number of thiazole rings is 1. The molecular weight excluding hydrogens is 353 g/mol. The first-order valence-corrected chi connectivity index (χ1v) is 7.69. The Morgan fingerprint density at radius 1 is 1.65 bits per heavy atom. The summed E-state index contributed by atoms with van der Waals surface area (Å²) in [6.45, 7) is 0. The molecule has 1 aliphatic rings. The van der Waals surface area contributed by atoms with Crippen molar-refractivity contribution in [1.82, 2.24) is 15.6 Å². The lowest BCUT2D eigenvalue weighted by Crippen LogP contribution is -2.70. The van der Waals surface area contributed by atoms with Gasteiger partial charge in [-0.05, 0) is 0 Å². The van der Waals surface area contributed by atoms with Crippen LogP contribution in [0, 0.1) is 0 Å². The smallest absolute Gasteiger partial charge is 0.276 e. The molecule has 0 radical (unpaired) electrons. The number of carbonyl (C=O) groups is 2. The van der Waals surface area contributed by atoms with Crippen LogP contribution >= 0.6 is 22.9 Å². The highest BCUT2D eigenvalue weighted by Crippen LogP contribution is 2.17. The molecule has 0 aliphatic carbocycles. The molecule has 1 fully saturated rings. The molecule has 2 heterocycles. The van der Waals surface area contributed by atoms with E-state index in [1.807, 2.05) is 0 Å². The van der Waals surface area contributed by atoms with Gasteiger partial charge in [-0.1, -0.05) is 5.16 Å².